The number of benzene rings is 1. The van der Waals surface area contributed by atoms with Gasteiger partial charge in [0.2, 0.25) is 11.8 Å². The van der Waals surface area contributed by atoms with Crippen molar-refractivity contribution in [3.8, 4) is 5.75 Å². The van der Waals surface area contributed by atoms with E-state index in [-0.39, 0.29) is 18.7 Å². The average Bonchev–Trinajstić information content (AvgIpc) is 2.53. The number of hydrogen-bond donors (Lipinski definition) is 1. The monoisotopic (exact) mass is 327 g/mol. The van der Waals surface area contributed by atoms with Gasteiger partial charge in [-0.1, -0.05) is 12.1 Å². The van der Waals surface area contributed by atoms with E-state index in [4.69, 9.17) is 9.47 Å². The van der Waals surface area contributed by atoms with Crippen LogP contribution in [0, 0.1) is 5.92 Å². The Morgan fingerprint density at radius 2 is 2.26 bits per heavy atom. The molecule has 1 aliphatic carbocycles. The number of ether oxygens (including phenoxy) is 2. The van der Waals surface area contributed by atoms with Crippen molar-refractivity contribution in [2.45, 2.75) is 38.2 Å². The van der Waals surface area contributed by atoms with Gasteiger partial charge in [0.1, 0.15) is 5.75 Å². The summed E-state index contributed by atoms with van der Waals surface area (Å²) in [5.41, 5.74) is 0.975. The quantitative estimate of drug-likeness (QED) is 0.783. The summed E-state index contributed by atoms with van der Waals surface area (Å²) >= 11 is 0. The summed E-state index contributed by atoms with van der Waals surface area (Å²) in [4.78, 5) is 11.9. The van der Waals surface area contributed by atoms with Gasteiger partial charge in [0, 0.05) is 25.3 Å². The molecular weight excluding hydrogens is 304 g/mol. The molecule has 0 bridgehead atoms. The molecule has 0 aromatic heterocycles. The molecule has 0 radical (unpaired) electrons. The fourth-order valence-electron chi connectivity index (χ4n) is 2.74. The van der Waals surface area contributed by atoms with Gasteiger partial charge < -0.3 is 14.8 Å². The average molecular weight is 327 g/mol. The molecule has 4 nitrogen and oxygen atoms in total. The van der Waals surface area contributed by atoms with Crippen LogP contribution in [-0.2, 0) is 16.1 Å². The van der Waals surface area contributed by atoms with Crippen LogP contribution < -0.4 is 10.1 Å². The maximum atomic E-state index is 13.3. The third-order valence-electron chi connectivity index (χ3n) is 3.96. The van der Waals surface area contributed by atoms with Crippen molar-refractivity contribution in [2.24, 2.45) is 5.92 Å². The molecule has 23 heavy (non-hydrogen) atoms. The molecule has 1 saturated carbocycles. The molecule has 0 unspecified atom stereocenters. The van der Waals surface area contributed by atoms with Gasteiger partial charge in [0.25, 0.3) is 0 Å². The van der Waals surface area contributed by atoms with Gasteiger partial charge in [-0.15, -0.1) is 0 Å². The standard InChI is InChI=1S/C17H23F2NO3/c1-22-15-6-2-4-13(10-15)12-23-9-8-20-16(21)14-5-3-7-17(18,19)11-14/h2,4,6,10,14H,3,5,7-9,11-12H2,1H3,(H,20,21)/t14-/m0/s1. The third-order valence-corrected chi connectivity index (χ3v) is 3.96. The minimum absolute atomic E-state index is 0.111. The van der Waals surface area contributed by atoms with E-state index >= 15 is 0 Å². The Bertz CT molecular complexity index is 522. The first-order valence-corrected chi connectivity index (χ1v) is 7.86. The summed E-state index contributed by atoms with van der Waals surface area (Å²) in [7, 11) is 1.60. The smallest absolute Gasteiger partial charge is 0.248 e. The minimum Gasteiger partial charge on any atom is -0.497 e. The van der Waals surface area contributed by atoms with Gasteiger partial charge in [0.05, 0.1) is 20.3 Å². The van der Waals surface area contributed by atoms with Gasteiger partial charge in [0.15, 0.2) is 0 Å². The number of rotatable bonds is 7. The number of halogens is 2. The number of hydrogen-bond acceptors (Lipinski definition) is 3. The number of alkyl halides is 2. The number of methoxy groups -OCH3 is 1. The number of nitrogens with one attached hydrogen (secondary N) is 1. The largest absolute Gasteiger partial charge is 0.497 e. The Balaban J connectivity index is 1.64. The minimum atomic E-state index is -2.71. The third kappa shape index (κ3) is 5.78. The van der Waals surface area contributed by atoms with Crippen LogP contribution in [0.2, 0.25) is 0 Å². The van der Waals surface area contributed by atoms with Crippen LogP contribution in [0.4, 0.5) is 8.78 Å². The molecule has 128 valence electrons. The second kappa shape index (κ2) is 8.24. The molecule has 1 aromatic carbocycles. The number of carbonyl (C=O) groups is 1. The van der Waals surface area contributed by atoms with Crippen molar-refractivity contribution in [3.05, 3.63) is 29.8 Å². The fourth-order valence-corrected chi connectivity index (χ4v) is 2.74. The van der Waals surface area contributed by atoms with E-state index in [1.807, 2.05) is 24.3 Å². The Labute approximate surface area is 135 Å². The van der Waals surface area contributed by atoms with E-state index < -0.39 is 11.8 Å². The van der Waals surface area contributed by atoms with Gasteiger partial charge in [-0.05, 0) is 30.5 Å². The lowest BCUT2D eigenvalue weighted by molar-refractivity contribution is -0.132. The Morgan fingerprint density at radius 3 is 3.00 bits per heavy atom. The second-order valence-electron chi connectivity index (χ2n) is 5.84. The first-order chi connectivity index (χ1) is 11.0. The van der Waals surface area contributed by atoms with E-state index in [9.17, 15) is 13.6 Å². The first kappa shape index (κ1) is 17.7. The van der Waals surface area contributed by atoms with Gasteiger partial charge in [-0.3, -0.25) is 4.79 Å². The molecule has 0 aliphatic heterocycles. The maximum absolute atomic E-state index is 13.3. The van der Waals surface area contributed by atoms with Crippen LogP contribution in [0.1, 0.15) is 31.2 Å². The molecule has 0 saturated heterocycles. The lowest BCUT2D eigenvalue weighted by Crippen LogP contribution is -2.38. The Kier molecular flexibility index (Phi) is 6.33. The topological polar surface area (TPSA) is 47.6 Å². The van der Waals surface area contributed by atoms with Crippen LogP contribution in [-0.4, -0.2) is 32.1 Å². The molecule has 1 fully saturated rings. The SMILES string of the molecule is COc1cccc(COCCNC(=O)[C@H]2CCCC(F)(F)C2)c1. The van der Waals surface area contributed by atoms with E-state index in [1.165, 1.54) is 0 Å². The van der Waals surface area contributed by atoms with Crippen molar-refractivity contribution in [1.82, 2.24) is 5.32 Å². The van der Waals surface area contributed by atoms with Crippen LogP contribution >= 0.6 is 0 Å². The Hall–Kier alpha value is -1.69. The lowest BCUT2D eigenvalue weighted by atomic mass is 9.86. The summed E-state index contributed by atoms with van der Waals surface area (Å²) in [6, 6.07) is 7.53. The van der Waals surface area contributed by atoms with Crippen molar-refractivity contribution in [1.29, 1.82) is 0 Å². The summed E-state index contributed by atoms with van der Waals surface area (Å²) in [6.07, 6.45) is 0.480. The zero-order valence-corrected chi connectivity index (χ0v) is 13.3. The molecule has 0 heterocycles. The van der Waals surface area contributed by atoms with E-state index in [1.54, 1.807) is 7.11 Å². The zero-order chi connectivity index (χ0) is 16.7. The molecule has 1 aromatic rings. The second-order valence-corrected chi connectivity index (χ2v) is 5.84. The predicted molar refractivity (Wildman–Crippen MR) is 82.6 cm³/mol. The van der Waals surface area contributed by atoms with E-state index in [2.05, 4.69) is 5.32 Å². The van der Waals surface area contributed by atoms with Crippen LogP contribution in [0.25, 0.3) is 0 Å². The summed E-state index contributed by atoms with van der Waals surface area (Å²) in [5.74, 6) is -2.83. The van der Waals surface area contributed by atoms with Crippen molar-refractivity contribution >= 4 is 5.91 Å². The number of amides is 1. The summed E-state index contributed by atoms with van der Waals surface area (Å²) in [5, 5.41) is 2.68. The van der Waals surface area contributed by atoms with Gasteiger partial charge in [-0.2, -0.15) is 0 Å². The van der Waals surface area contributed by atoms with Crippen LogP contribution in [0.5, 0.6) is 5.75 Å². The van der Waals surface area contributed by atoms with Crippen LogP contribution in [0.3, 0.4) is 0 Å². The summed E-state index contributed by atoms with van der Waals surface area (Å²) in [6.45, 7) is 1.07. The highest BCUT2D eigenvalue weighted by molar-refractivity contribution is 5.78. The van der Waals surface area contributed by atoms with E-state index in [0.29, 0.717) is 32.6 Å². The van der Waals surface area contributed by atoms with Crippen molar-refractivity contribution < 1.29 is 23.0 Å². The highest BCUT2D eigenvalue weighted by atomic mass is 19.3. The van der Waals surface area contributed by atoms with Crippen LogP contribution in [0.15, 0.2) is 24.3 Å². The molecule has 1 aliphatic rings. The molecule has 6 heteroatoms. The predicted octanol–water partition coefficient (Wildman–Crippen LogP) is 3.15. The highest BCUT2D eigenvalue weighted by Crippen LogP contribution is 2.36. The van der Waals surface area contributed by atoms with Gasteiger partial charge in [-0.25, -0.2) is 8.78 Å². The van der Waals surface area contributed by atoms with Crippen molar-refractivity contribution in [3.63, 3.8) is 0 Å². The normalized spacial score (nSPS) is 20.0. The molecule has 1 N–H and O–H groups in total. The summed E-state index contributed by atoms with van der Waals surface area (Å²) < 4.78 is 37.2. The molecule has 2 rings (SSSR count). The lowest BCUT2D eigenvalue weighted by Gasteiger charge is -2.27. The van der Waals surface area contributed by atoms with E-state index in [0.717, 1.165) is 11.3 Å². The fraction of sp³-hybridized carbons (Fsp3) is 0.588. The van der Waals surface area contributed by atoms with Gasteiger partial charge >= 0.3 is 0 Å². The maximum Gasteiger partial charge on any atom is 0.248 e. The molecule has 1 amide bonds. The molecule has 1 atom stereocenters. The molecule has 0 spiro atoms. The Morgan fingerprint density at radius 1 is 1.43 bits per heavy atom. The number of carbonyl (C=O) groups excluding carboxylic acids is 1. The highest BCUT2D eigenvalue weighted by Gasteiger charge is 2.38. The van der Waals surface area contributed by atoms with Crippen molar-refractivity contribution in [2.75, 3.05) is 20.3 Å². The first-order valence-electron chi connectivity index (χ1n) is 7.86. The molecular formula is C17H23F2NO3. The zero-order valence-electron chi connectivity index (χ0n) is 13.3.